The molecular weight excluding hydrogens is 404 g/mol. The van der Waals surface area contributed by atoms with Crippen molar-refractivity contribution in [2.24, 2.45) is 11.8 Å². The van der Waals surface area contributed by atoms with E-state index in [9.17, 15) is 9.59 Å². The molecule has 2 aromatic heterocycles. The maximum atomic E-state index is 13.2. The highest BCUT2D eigenvalue weighted by molar-refractivity contribution is 6.00. The average molecular weight is 431 g/mol. The summed E-state index contributed by atoms with van der Waals surface area (Å²) in [6, 6.07) is 12.9. The molecule has 3 heterocycles. The number of hydrogen-bond donors (Lipinski definition) is 1. The maximum Gasteiger partial charge on any atom is 0.310 e. The smallest absolute Gasteiger partial charge is 0.310 e. The molecule has 0 saturated carbocycles. The summed E-state index contributed by atoms with van der Waals surface area (Å²) in [5, 5.41) is 12.3. The number of Topliss-reactive ketones (excluding diaryl/α,β-unsaturated/α-hetero) is 1. The van der Waals surface area contributed by atoms with Crippen molar-refractivity contribution in [3.8, 4) is 17.3 Å². The third-order valence-electron chi connectivity index (χ3n) is 5.58. The van der Waals surface area contributed by atoms with Crippen molar-refractivity contribution >= 4 is 17.4 Å². The molecule has 2 unspecified atom stereocenters. The van der Waals surface area contributed by atoms with Crippen molar-refractivity contribution < 1.29 is 14.3 Å². The number of esters is 1. The highest BCUT2D eigenvalue weighted by Crippen LogP contribution is 2.28. The van der Waals surface area contributed by atoms with Crippen molar-refractivity contribution in [2.75, 3.05) is 13.1 Å². The predicted octanol–water partition coefficient (Wildman–Crippen LogP) is 3.62. The fraction of sp³-hybridized carbons (Fsp3) is 0.360. The first-order valence-electron chi connectivity index (χ1n) is 10.7. The monoisotopic (exact) mass is 430 g/mol. The van der Waals surface area contributed by atoms with Crippen LogP contribution in [0.4, 0.5) is 0 Å². The van der Waals surface area contributed by atoms with Gasteiger partial charge in [-0.25, -0.2) is 4.98 Å². The molecule has 0 bridgehead atoms. The number of pyridine rings is 1. The topological polar surface area (TPSA) is 96.5 Å². The number of nitriles is 1. The average Bonchev–Trinajstić information content (AvgIpc) is 3.21. The van der Waals surface area contributed by atoms with Crippen LogP contribution in [0.1, 0.15) is 43.1 Å². The SMILES string of the molecule is CC(C)(C)OC(=O)C1CCNCC1C(=O)c1ccc(-c2cn3ccc(C#N)cc3n2)cc1. The summed E-state index contributed by atoms with van der Waals surface area (Å²) in [5.41, 5.74) is 2.84. The Bertz CT molecular complexity index is 1200. The first kappa shape index (κ1) is 21.7. The Morgan fingerprint density at radius 1 is 1.19 bits per heavy atom. The zero-order valence-electron chi connectivity index (χ0n) is 18.5. The van der Waals surface area contributed by atoms with E-state index in [-0.39, 0.29) is 11.8 Å². The number of fused-ring (bicyclic) bond motifs is 1. The van der Waals surface area contributed by atoms with Crippen LogP contribution >= 0.6 is 0 Å². The van der Waals surface area contributed by atoms with Gasteiger partial charge in [0.15, 0.2) is 5.78 Å². The number of carbonyl (C=O) groups is 2. The maximum absolute atomic E-state index is 13.2. The Kier molecular flexibility index (Phi) is 5.81. The van der Waals surface area contributed by atoms with E-state index >= 15 is 0 Å². The molecule has 1 saturated heterocycles. The third-order valence-corrected chi connectivity index (χ3v) is 5.58. The lowest BCUT2D eigenvalue weighted by Crippen LogP contribution is -2.45. The second-order valence-corrected chi connectivity index (χ2v) is 9.10. The van der Waals surface area contributed by atoms with Gasteiger partial charge in [-0.1, -0.05) is 24.3 Å². The van der Waals surface area contributed by atoms with Crippen molar-refractivity contribution in [3.63, 3.8) is 0 Å². The van der Waals surface area contributed by atoms with Gasteiger partial charge in [-0.3, -0.25) is 9.59 Å². The van der Waals surface area contributed by atoms with E-state index in [1.807, 2.05) is 43.5 Å². The third kappa shape index (κ3) is 4.56. The highest BCUT2D eigenvalue weighted by Gasteiger charge is 2.38. The molecule has 7 nitrogen and oxygen atoms in total. The van der Waals surface area contributed by atoms with Crippen LogP contribution in [-0.4, -0.2) is 39.8 Å². The van der Waals surface area contributed by atoms with E-state index in [4.69, 9.17) is 10.00 Å². The number of ether oxygens (including phenoxy) is 1. The molecule has 0 amide bonds. The summed E-state index contributed by atoms with van der Waals surface area (Å²) in [6.07, 6.45) is 4.27. The molecule has 4 rings (SSSR count). The van der Waals surface area contributed by atoms with Crippen LogP contribution in [0.15, 0.2) is 48.8 Å². The summed E-state index contributed by atoms with van der Waals surface area (Å²) in [6.45, 7) is 6.65. The van der Waals surface area contributed by atoms with E-state index in [0.717, 1.165) is 11.3 Å². The summed E-state index contributed by atoms with van der Waals surface area (Å²) < 4.78 is 7.42. The molecule has 1 fully saturated rings. The van der Waals surface area contributed by atoms with Crippen LogP contribution in [0.2, 0.25) is 0 Å². The van der Waals surface area contributed by atoms with Gasteiger partial charge in [0.25, 0.3) is 0 Å². The Morgan fingerprint density at radius 3 is 2.62 bits per heavy atom. The van der Waals surface area contributed by atoms with Gasteiger partial charge in [-0.05, 0) is 45.9 Å². The predicted molar refractivity (Wildman–Crippen MR) is 120 cm³/mol. The van der Waals surface area contributed by atoms with E-state index < -0.39 is 17.4 Å². The number of nitrogens with one attached hydrogen (secondary N) is 1. The molecule has 0 radical (unpaired) electrons. The number of nitrogens with zero attached hydrogens (tertiary/aromatic N) is 3. The van der Waals surface area contributed by atoms with Gasteiger partial charge in [0.05, 0.1) is 23.2 Å². The fourth-order valence-electron chi connectivity index (χ4n) is 4.00. The van der Waals surface area contributed by atoms with Crippen molar-refractivity contribution in [2.45, 2.75) is 32.8 Å². The lowest BCUT2D eigenvalue weighted by atomic mass is 9.81. The number of piperidine rings is 1. The number of carbonyl (C=O) groups excluding carboxylic acids is 2. The lowest BCUT2D eigenvalue weighted by Gasteiger charge is -2.32. The Labute approximate surface area is 187 Å². The molecule has 0 spiro atoms. The molecule has 1 aliphatic heterocycles. The Balaban J connectivity index is 1.54. The van der Waals surface area contributed by atoms with E-state index in [0.29, 0.717) is 36.3 Å². The number of benzene rings is 1. The van der Waals surface area contributed by atoms with Crippen LogP contribution in [0, 0.1) is 23.2 Å². The Hall–Kier alpha value is -3.50. The molecular formula is C25H26N4O3. The number of ketones is 1. The molecule has 3 aromatic rings. The van der Waals surface area contributed by atoms with Gasteiger partial charge < -0.3 is 14.5 Å². The minimum Gasteiger partial charge on any atom is -0.460 e. The fourth-order valence-corrected chi connectivity index (χ4v) is 4.00. The highest BCUT2D eigenvalue weighted by atomic mass is 16.6. The molecule has 7 heteroatoms. The quantitative estimate of drug-likeness (QED) is 0.502. The molecule has 0 aliphatic carbocycles. The van der Waals surface area contributed by atoms with Crippen LogP contribution < -0.4 is 5.32 Å². The first-order valence-corrected chi connectivity index (χ1v) is 10.7. The minimum absolute atomic E-state index is 0.0618. The van der Waals surface area contributed by atoms with Crippen LogP contribution in [-0.2, 0) is 9.53 Å². The van der Waals surface area contributed by atoms with E-state index in [1.165, 1.54) is 0 Å². The standard InChI is InChI=1S/C25H26N4O3/c1-25(2,3)32-24(31)19-8-10-27-14-20(19)23(30)18-6-4-17(5-7-18)21-15-29-11-9-16(13-26)12-22(29)28-21/h4-7,9,11-12,15,19-20,27H,8,10,14H2,1-3H3. The second-order valence-electron chi connectivity index (χ2n) is 9.10. The lowest BCUT2D eigenvalue weighted by molar-refractivity contribution is -0.162. The van der Waals surface area contributed by atoms with E-state index in [2.05, 4.69) is 16.4 Å². The van der Waals surface area contributed by atoms with Gasteiger partial charge in [0, 0.05) is 36.0 Å². The molecule has 2 atom stereocenters. The minimum atomic E-state index is -0.584. The van der Waals surface area contributed by atoms with E-state index in [1.54, 1.807) is 30.5 Å². The van der Waals surface area contributed by atoms with Gasteiger partial charge >= 0.3 is 5.97 Å². The number of imidazole rings is 1. The molecule has 1 aromatic carbocycles. The van der Waals surface area contributed by atoms with Crippen molar-refractivity contribution in [1.82, 2.24) is 14.7 Å². The zero-order chi connectivity index (χ0) is 22.9. The van der Waals surface area contributed by atoms with Gasteiger partial charge in [0.1, 0.15) is 11.2 Å². The molecule has 32 heavy (non-hydrogen) atoms. The van der Waals surface area contributed by atoms with Crippen molar-refractivity contribution in [1.29, 1.82) is 5.26 Å². The Morgan fingerprint density at radius 2 is 1.94 bits per heavy atom. The summed E-state index contributed by atoms with van der Waals surface area (Å²) in [7, 11) is 0. The number of rotatable bonds is 4. The zero-order valence-corrected chi connectivity index (χ0v) is 18.5. The van der Waals surface area contributed by atoms with Gasteiger partial charge in [0.2, 0.25) is 0 Å². The molecule has 1 N–H and O–H groups in total. The molecule has 164 valence electrons. The number of aromatic nitrogens is 2. The summed E-state index contributed by atoms with van der Waals surface area (Å²) >= 11 is 0. The summed E-state index contributed by atoms with van der Waals surface area (Å²) in [5.74, 6) is -1.27. The van der Waals surface area contributed by atoms with Crippen LogP contribution in [0.5, 0.6) is 0 Å². The van der Waals surface area contributed by atoms with Crippen LogP contribution in [0.3, 0.4) is 0 Å². The van der Waals surface area contributed by atoms with Gasteiger partial charge in [-0.2, -0.15) is 5.26 Å². The van der Waals surface area contributed by atoms with Crippen molar-refractivity contribution in [3.05, 3.63) is 59.9 Å². The van der Waals surface area contributed by atoms with Gasteiger partial charge in [-0.15, -0.1) is 0 Å². The largest absolute Gasteiger partial charge is 0.460 e. The normalized spacial score (nSPS) is 18.8. The molecule has 1 aliphatic rings. The van der Waals surface area contributed by atoms with Crippen LogP contribution in [0.25, 0.3) is 16.9 Å². The summed E-state index contributed by atoms with van der Waals surface area (Å²) in [4.78, 5) is 30.5. The first-order chi connectivity index (χ1) is 15.2. The second kappa shape index (κ2) is 8.56. The number of hydrogen-bond acceptors (Lipinski definition) is 6.